The molecule has 2 aliphatic heterocycles. The predicted molar refractivity (Wildman–Crippen MR) is 119 cm³/mol. The first-order valence-electron chi connectivity index (χ1n) is 11.1. The summed E-state index contributed by atoms with van der Waals surface area (Å²) in [5.74, 6) is 0.970. The molecule has 0 bridgehead atoms. The third kappa shape index (κ3) is 6.03. The van der Waals surface area contributed by atoms with E-state index in [1.807, 2.05) is 18.7 Å². The van der Waals surface area contributed by atoms with Crippen LogP contribution < -0.4 is 4.72 Å². The summed E-state index contributed by atoms with van der Waals surface area (Å²) in [4.78, 5) is 19.7. The highest BCUT2D eigenvalue weighted by Crippen LogP contribution is 2.18. The maximum Gasteiger partial charge on any atom is 0.240 e. The van der Waals surface area contributed by atoms with E-state index in [4.69, 9.17) is 0 Å². The second kappa shape index (κ2) is 10.2. The third-order valence-corrected chi connectivity index (χ3v) is 7.94. The molecular weight excluding hydrogens is 400 g/mol. The average molecular weight is 437 g/mol. The van der Waals surface area contributed by atoms with E-state index in [1.54, 1.807) is 24.3 Å². The minimum Gasteiger partial charge on any atom is -0.341 e. The lowest BCUT2D eigenvalue weighted by molar-refractivity contribution is -0.138. The van der Waals surface area contributed by atoms with Gasteiger partial charge in [0, 0.05) is 52.4 Å². The van der Waals surface area contributed by atoms with Crippen LogP contribution in [0.15, 0.2) is 29.2 Å². The number of likely N-dealkylation sites (tertiary alicyclic amines) is 1. The number of hydrogen-bond acceptors (Lipinski definition) is 5. The number of piperidine rings is 1. The average Bonchev–Trinajstić information content (AvgIpc) is 2.74. The molecular formula is C22H36N4O3S. The third-order valence-electron chi connectivity index (χ3n) is 6.46. The van der Waals surface area contributed by atoms with Gasteiger partial charge in [0.2, 0.25) is 15.9 Å². The van der Waals surface area contributed by atoms with Gasteiger partial charge in [0.15, 0.2) is 0 Å². The van der Waals surface area contributed by atoms with Crippen molar-refractivity contribution < 1.29 is 13.2 Å². The Bertz CT molecular complexity index is 796. The van der Waals surface area contributed by atoms with E-state index >= 15 is 0 Å². The van der Waals surface area contributed by atoms with Crippen LogP contribution >= 0.6 is 0 Å². The van der Waals surface area contributed by atoms with E-state index in [9.17, 15) is 13.2 Å². The molecule has 3 rings (SSSR count). The number of rotatable bonds is 7. The summed E-state index contributed by atoms with van der Waals surface area (Å²) in [5, 5.41) is 0. The minimum atomic E-state index is -3.47. The molecule has 1 aromatic carbocycles. The molecule has 0 saturated carbocycles. The summed E-state index contributed by atoms with van der Waals surface area (Å²) < 4.78 is 27.5. The van der Waals surface area contributed by atoms with Gasteiger partial charge in [0.05, 0.1) is 10.9 Å². The first kappa shape index (κ1) is 23.2. The van der Waals surface area contributed by atoms with Gasteiger partial charge in [-0.05, 0) is 44.7 Å². The van der Waals surface area contributed by atoms with E-state index in [1.165, 1.54) is 0 Å². The highest BCUT2D eigenvalue weighted by atomic mass is 32.2. The lowest BCUT2D eigenvalue weighted by Gasteiger charge is -2.40. The van der Waals surface area contributed by atoms with E-state index in [0.29, 0.717) is 18.0 Å². The Morgan fingerprint density at radius 1 is 1.07 bits per heavy atom. The van der Waals surface area contributed by atoms with Crippen LogP contribution in [0.1, 0.15) is 32.3 Å². The summed E-state index contributed by atoms with van der Waals surface area (Å²) in [5.41, 5.74) is 1.04. The minimum absolute atomic E-state index is 0.0828. The van der Waals surface area contributed by atoms with Gasteiger partial charge in [0.1, 0.15) is 0 Å². The molecule has 2 saturated heterocycles. The highest BCUT2D eigenvalue weighted by molar-refractivity contribution is 7.89. The number of hydrogen-bond donors (Lipinski definition) is 1. The summed E-state index contributed by atoms with van der Waals surface area (Å²) in [7, 11) is -3.47. The number of benzene rings is 1. The van der Waals surface area contributed by atoms with Gasteiger partial charge in [-0.2, -0.15) is 0 Å². The van der Waals surface area contributed by atoms with Crippen LogP contribution in [-0.2, 0) is 14.8 Å². The molecule has 0 spiro atoms. The number of carbonyl (C=O) groups is 1. The topological polar surface area (TPSA) is 73.0 Å². The molecule has 0 aromatic heterocycles. The number of piperazine rings is 1. The zero-order chi connectivity index (χ0) is 21.7. The van der Waals surface area contributed by atoms with Crippen molar-refractivity contribution >= 4 is 15.9 Å². The van der Waals surface area contributed by atoms with Gasteiger partial charge in [-0.1, -0.05) is 24.6 Å². The molecule has 1 atom stereocenters. The van der Waals surface area contributed by atoms with Crippen LogP contribution in [0.2, 0.25) is 0 Å². The normalized spacial score (nSPS) is 21.0. The van der Waals surface area contributed by atoms with Gasteiger partial charge in [-0.15, -0.1) is 0 Å². The fraction of sp³-hybridized carbons (Fsp3) is 0.682. The Kier molecular flexibility index (Phi) is 7.90. The van der Waals surface area contributed by atoms with Crippen LogP contribution in [0.25, 0.3) is 0 Å². The molecule has 1 N–H and O–H groups in total. The lowest BCUT2D eigenvalue weighted by Crippen LogP contribution is -2.55. The summed E-state index contributed by atoms with van der Waals surface area (Å²) in [6.45, 7) is 12.4. The van der Waals surface area contributed by atoms with Gasteiger partial charge >= 0.3 is 0 Å². The van der Waals surface area contributed by atoms with Gasteiger partial charge in [0.25, 0.3) is 0 Å². The second-order valence-corrected chi connectivity index (χ2v) is 10.5. The second-order valence-electron chi connectivity index (χ2n) is 8.77. The van der Waals surface area contributed by atoms with Gasteiger partial charge in [-0.25, -0.2) is 13.1 Å². The SMILES string of the molecule is Cc1ccc(S(=O)(=O)NCCN2CCN(C(C)C(=O)N3CCC(C)CC3)CC2)cc1. The maximum atomic E-state index is 12.8. The molecule has 0 aliphatic carbocycles. The Morgan fingerprint density at radius 3 is 2.27 bits per heavy atom. The lowest BCUT2D eigenvalue weighted by atomic mass is 9.98. The van der Waals surface area contributed by atoms with Crippen molar-refractivity contribution in [3.63, 3.8) is 0 Å². The zero-order valence-electron chi connectivity index (χ0n) is 18.5. The molecule has 2 aliphatic rings. The van der Waals surface area contributed by atoms with Crippen LogP contribution in [-0.4, -0.2) is 87.4 Å². The zero-order valence-corrected chi connectivity index (χ0v) is 19.3. The molecule has 168 valence electrons. The number of amides is 1. The number of aryl methyl sites for hydroxylation is 1. The first-order valence-corrected chi connectivity index (χ1v) is 12.6. The monoisotopic (exact) mass is 436 g/mol. The number of nitrogens with zero attached hydrogens (tertiary/aromatic N) is 3. The van der Waals surface area contributed by atoms with E-state index < -0.39 is 10.0 Å². The van der Waals surface area contributed by atoms with Crippen molar-refractivity contribution in [2.75, 3.05) is 52.4 Å². The Balaban J connectivity index is 1.40. The number of carbonyl (C=O) groups excluding carboxylic acids is 1. The van der Waals surface area contributed by atoms with E-state index in [0.717, 1.165) is 63.6 Å². The highest BCUT2D eigenvalue weighted by Gasteiger charge is 2.30. The van der Waals surface area contributed by atoms with Crippen molar-refractivity contribution in [3.8, 4) is 0 Å². The fourth-order valence-corrected chi connectivity index (χ4v) is 5.18. The Hall–Kier alpha value is -1.48. The number of sulfonamides is 1. The van der Waals surface area contributed by atoms with E-state index in [2.05, 4.69) is 21.4 Å². The first-order chi connectivity index (χ1) is 14.3. The van der Waals surface area contributed by atoms with E-state index in [-0.39, 0.29) is 11.9 Å². The molecule has 2 fully saturated rings. The molecule has 8 heteroatoms. The smallest absolute Gasteiger partial charge is 0.240 e. The Morgan fingerprint density at radius 2 is 1.67 bits per heavy atom. The van der Waals surface area contributed by atoms with Gasteiger partial charge < -0.3 is 4.90 Å². The van der Waals surface area contributed by atoms with Crippen LogP contribution in [0.3, 0.4) is 0 Å². The van der Waals surface area contributed by atoms with Crippen molar-refractivity contribution in [1.82, 2.24) is 19.4 Å². The summed E-state index contributed by atoms with van der Waals surface area (Å²) in [6, 6.07) is 6.80. The molecule has 7 nitrogen and oxygen atoms in total. The molecule has 1 amide bonds. The van der Waals surface area contributed by atoms with Crippen molar-refractivity contribution in [2.45, 2.75) is 44.6 Å². The quantitative estimate of drug-likeness (QED) is 0.702. The Labute approximate surface area is 181 Å². The summed E-state index contributed by atoms with van der Waals surface area (Å²) in [6.07, 6.45) is 2.20. The van der Waals surface area contributed by atoms with Crippen molar-refractivity contribution in [2.24, 2.45) is 5.92 Å². The number of nitrogens with one attached hydrogen (secondary N) is 1. The van der Waals surface area contributed by atoms with Crippen LogP contribution in [0.4, 0.5) is 0 Å². The largest absolute Gasteiger partial charge is 0.341 e. The molecule has 1 aromatic rings. The van der Waals surface area contributed by atoms with Crippen molar-refractivity contribution in [1.29, 1.82) is 0 Å². The fourth-order valence-electron chi connectivity index (χ4n) is 4.16. The summed E-state index contributed by atoms with van der Waals surface area (Å²) >= 11 is 0. The predicted octanol–water partition coefficient (Wildman–Crippen LogP) is 1.54. The van der Waals surface area contributed by atoms with Crippen LogP contribution in [0.5, 0.6) is 0 Å². The van der Waals surface area contributed by atoms with Crippen LogP contribution in [0, 0.1) is 12.8 Å². The standard InChI is InChI=1S/C22H36N4O3S/c1-18-4-6-21(7-5-18)30(28,29)23-10-13-24-14-16-25(17-15-24)20(3)22(27)26-11-8-19(2)9-12-26/h4-7,19-20,23H,8-17H2,1-3H3. The molecule has 0 radical (unpaired) electrons. The molecule has 1 unspecified atom stereocenters. The van der Waals surface area contributed by atoms with Crippen molar-refractivity contribution in [3.05, 3.63) is 29.8 Å². The maximum absolute atomic E-state index is 12.8. The van der Waals surface area contributed by atoms with Gasteiger partial charge in [-0.3, -0.25) is 14.6 Å². The molecule has 2 heterocycles. The molecule has 30 heavy (non-hydrogen) atoms.